The molecule has 1 nitrogen and oxygen atoms in total. The van der Waals surface area contributed by atoms with Crippen LogP contribution in [0.15, 0.2) is 0 Å². The highest BCUT2D eigenvalue weighted by atomic mass is 33.2. The lowest BCUT2D eigenvalue weighted by molar-refractivity contribution is 0.912. The second-order valence-corrected chi connectivity index (χ2v) is 20.1. The van der Waals surface area contributed by atoms with Gasteiger partial charge in [-0.25, -0.2) is 0 Å². The van der Waals surface area contributed by atoms with E-state index < -0.39 is 4.44 Å². The zero-order valence-corrected chi connectivity index (χ0v) is 20.2. The molecule has 0 heterocycles. The summed E-state index contributed by atoms with van der Waals surface area (Å²) < 4.78 is 0.878. The summed E-state index contributed by atoms with van der Waals surface area (Å²) in [7, 11) is 0. The van der Waals surface area contributed by atoms with E-state index in [2.05, 4.69) is 38.3 Å². The molecule has 0 saturated carbocycles. The molecule has 0 aliphatic rings. The standard InChI is InChI=1S/C14H30NPS6/c1-6-10-19-15(20-11-7-2)14(17)12-21-16(18,9-4)22-13(5)8-3/h13H,6-12H2,1-5H3. The van der Waals surface area contributed by atoms with Gasteiger partial charge in [0.15, 0.2) is 0 Å². The minimum Gasteiger partial charge on any atom is -0.251 e. The lowest BCUT2D eigenvalue weighted by Gasteiger charge is -2.26. The molecule has 0 N–H and O–H groups in total. The highest BCUT2D eigenvalue weighted by Gasteiger charge is 2.21. The fourth-order valence-electron chi connectivity index (χ4n) is 1.28. The molecule has 0 fully saturated rings. The van der Waals surface area contributed by atoms with Crippen molar-refractivity contribution < 1.29 is 0 Å². The Labute approximate surface area is 165 Å². The van der Waals surface area contributed by atoms with Crippen LogP contribution in [-0.2, 0) is 11.8 Å². The van der Waals surface area contributed by atoms with Gasteiger partial charge in [-0.2, -0.15) is 0 Å². The van der Waals surface area contributed by atoms with Crippen molar-refractivity contribution in [2.24, 2.45) is 0 Å². The third kappa shape index (κ3) is 10.7. The second kappa shape index (κ2) is 14.1. The van der Waals surface area contributed by atoms with Crippen molar-refractivity contribution in [3.8, 4) is 0 Å². The van der Waals surface area contributed by atoms with Crippen molar-refractivity contribution in [3.63, 3.8) is 0 Å². The molecule has 0 bridgehead atoms. The van der Waals surface area contributed by atoms with Gasteiger partial charge in [0.1, 0.15) is 4.99 Å². The Morgan fingerprint density at radius 1 is 1.09 bits per heavy atom. The first-order valence-corrected chi connectivity index (χ1v) is 16.3. The lowest BCUT2D eigenvalue weighted by atomic mass is 10.4. The first-order chi connectivity index (χ1) is 10.4. The van der Waals surface area contributed by atoms with E-state index in [9.17, 15) is 0 Å². The monoisotopic (exact) mass is 435 g/mol. The minimum absolute atomic E-state index is 0.659. The third-order valence-electron chi connectivity index (χ3n) is 2.72. The Kier molecular flexibility index (Phi) is 15.4. The molecular weight excluding hydrogens is 406 g/mol. The van der Waals surface area contributed by atoms with Gasteiger partial charge in [0.25, 0.3) is 0 Å². The van der Waals surface area contributed by atoms with Gasteiger partial charge in [0, 0.05) is 16.8 Å². The predicted molar refractivity (Wildman–Crippen MR) is 125 cm³/mol. The number of thiocarbonyl (C=S) groups is 1. The van der Waals surface area contributed by atoms with Crippen LogP contribution >= 0.6 is 63.3 Å². The van der Waals surface area contributed by atoms with Crippen LogP contribution in [0.5, 0.6) is 0 Å². The van der Waals surface area contributed by atoms with Crippen LogP contribution in [-0.4, -0.2) is 37.4 Å². The molecule has 0 aromatic rings. The van der Waals surface area contributed by atoms with Crippen LogP contribution in [0.1, 0.15) is 53.9 Å². The molecule has 0 aromatic carbocycles. The fraction of sp³-hybridized carbons (Fsp3) is 0.929. The van der Waals surface area contributed by atoms with Gasteiger partial charge in [-0.3, -0.25) is 3.71 Å². The van der Waals surface area contributed by atoms with E-state index in [1.807, 2.05) is 46.7 Å². The van der Waals surface area contributed by atoms with Crippen LogP contribution in [0.4, 0.5) is 0 Å². The van der Waals surface area contributed by atoms with Crippen LogP contribution < -0.4 is 0 Å². The van der Waals surface area contributed by atoms with Crippen LogP contribution in [0.3, 0.4) is 0 Å². The largest absolute Gasteiger partial charge is 0.251 e. The van der Waals surface area contributed by atoms with Crippen molar-refractivity contribution in [1.82, 2.24) is 3.71 Å². The first kappa shape index (κ1) is 23.9. The first-order valence-electron chi connectivity index (χ1n) is 7.93. The van der Waals surface area contributed by atoms with Crippen LogP contribution in [0.25, 0.3) is 0 Å². The van der Waals surface area contributed by atoms with Gasteiger partial charge >= 0.3 is 0 Å². The SMILES string of the molecule is CCCSN(SCCC)C(=S)CSP(=S)(CC)SC(C)CC. The summed E-state index contributed by atoms with van der Waals surface area (Å²) in [6, 6.07) is 0. The summed E-state index contributed by atoms with van der Waals surface area (Å²) in [5.74, 6) is 3.16. The molecule has 0 spiro atoms. The van der Waals surface area contributed by atoms with Gasteiger partial charge in [0.05, 0.1) is 10.2 Å². The second-order valence-electron chi connectivity index (χ2n) is 4.84. The van der Waals surface area contributed by atoms with E-state index in [-0.39, 0.29) is 0 Å². The number of hydrogen-bond donors (Lipinski definition) is 0. The molecular formula is C14H30NPS6. The van der Waals surface area contributed by atoms with Gasteiger partial charge in [0.2, 0.25) is 0 Å². The number of hydrogen-bond acceptors (Lipinski definition) is 6. The van der Waals surface area contributed by atoms with E-state index in [4.69, 9.17) is 24.0 Å². The van der Waals surface area contributed by atoms with Crippen LogP contribution in [0.2, 0.25) is 0 Å². The van der Waals surface area contributed by atoms with E-state index in [1.54, 1.807) is 0 Å². The normalized spacial score (nSPS) is 15.3. The average molecular weight is 436 g/mol. The molecule has 2 unspecified atom stereocenters. The Morgan fingerprint density at radius 2 is 1.64 bits per heavy atom. The molecule has 0 aromatic heterocycles. The minimum atomic E-state index is -1.38. The molecule has 0 amide bonds. The van der Waals surface area contributed by atoms with Gasteiger partial charge in [-0.05, 0) is 49.3 Å². The third-order valence-corrected chi connectivity index (χ3v) is 18.1. The van der Waals surface area contributed by atoms with Gasteiger partial charge in [-0.1, -0.05) is 58.6 Å². The molecule has 2 atom stereocenters. The van der Waals surface area contributed by atoms with E-state index in [0.29, 0.717) is 5.25 Å². The Hall–Kier alpha value is 1.94. The number of nitrogens with zero attached hydrogens (tertiary/aromatic N) is 1. The van der Waals surface area contributed by atoms with Crippen molar-refractivity contribution in [2.45, 2.75) is 59.1 Å². The summed E-state index contributed by atoms with van der Waals surface area (Å²) in [6.45, 7) is 11.2. The summed E-state index contributed by atoms with van der Waals surface area (Å²) in [5, 5.41) is 0.659. The lowest BCUT2D eigenvalue weighted by Crippen LogP contribution is -2.18. The molecule has 0 radical (unpaired) electrons. The predicted octanol–water partition coefficient (Wildman–Crippen LogP) is 7.33. The smallest absolute Gasteiger partial charge is 0.110 e. The molecule has 0 aliphatic heterocycles. The summed E-state index contributed by atoms with van der Waals surface area (Å²) in [5.41, 5.74) is 0. The molecule has 132 valence electrons. The van der Waals surface area contributed by atoms with E-state index in [0.717, 1.165) is 28.4 Å². The molecule has 8 heteroatoms. The van der Waals surface area contributed by atoms with Crippen molar-refractivity contribution >= 4 is 80.1 Å². The molecule has 22 heavy (non-hydrogen) atoms. The topological polar surface area (TPSA) is 3.24 Å². The van der Waals surface area contributed by atoms with Gasteiger partial charge < -0.3 is 0 Å². The van der Waals surface area contributed by atoms with E-state index in [1.165, 1.54) is 19.3 Å². The number of rotatable bonds is 13. The maximum atomic E-state index is 5.97. The van der Waals surface area contributed by atoms with Crippen LogP contribution in [0, 0.1) is 0 Å². The molecule has 0 saturated heterocycles. The highest BCUT2D eigenvalue weighted by molar-refractivity contribution is 9.00. The quantitative estimate of drug-likeness (QED) is 0.167. The van der Waals surface area contributed by atoms with E-state index >= 15 is 0 Å². The van der Waals surface area contributed by atoms with Crippen molar-refractivity contribution in [3.05, 3.63) is 0 Å². The maximum absolute atomic E-state index is 5.97. The maximum Gasteiger partial charge on any atom is 0.110 e. The van der Waals surface area contributed by atoms with Gasteiger partial charge in [-0.15, -0.1) is 22.8 Å². The Morgan fingerprint density at radius 3 is 2.05 bits per heavy atom. The van der Waals surface area contributed by atoms with Crippen molar-refractivity contribution in [1.29, 1.82) is 0 Å². The highest BCUT2D eigenvalue weighted by Crippen LogP contribution is 2.70. The summed E-state index contributed by atoms with van der Waals surface area (Å²) >= 11 is 19.4. The van der Waals surface area contributed by atoms with Crippen molar-refractivity contribution in [2.75, 3.05) is 23.4 Å². The summed E-state index contributed by atoms with van der Waals surface area (Å²) in [4.78, 5) is 1.05. The summed E-state index contributed by atoms with van der Waals surface area (Å²) in [6.07, 6.45) is 4.66. The average Bonchev–Trinajstić information content (AvgIpc) is 2.52. The molecule has 0 aliphatic carbocycles. The Bertz CT molecular complexity index is 344. The Balaban J connectivity index is 4.52. The zero-order chi connectivity index (χ0) is 17.0. The fourth-order valence-corrected chi connectivity index (χ4v) is 14.0. The molecule has 0 rings (SSSR count). The zero-order valence-electron chi connectivity index (χ0n) is 14.4.